The Morgan fingerprint density at radius 2 is 1.83 bits per heavy atom. The van der Waals surface area contributed by atoms with Gasteiger partial charge in [0.25, 0.3) is 5.09 Å². The Morgan fingerprint density at radius 1 is 1.67 bits per heavy atom. The van der Waals surface area contributed by atoms with E-state index in [0.717, 1.165) is 0 Å². The van der Waals surface area contributed by atoms with E-state index in [1.165, 1.54) is 0 Å². The minimum atomic E-state index is -1.43. The van der Waals surface area contributed by atoms with E-state index in [4.69, 9.17) is 15.4 Å². The predicted octanol–water partition coefficient (Wildman–Crippen LogP) is -4.53. The van der Waals surface area contributed by atoms with Crippen LogP contribution in [0, 0.1) is 10.1 Å². The Balaban J connectivity index is 0. The Labute approximate surface area is 55.2 Å². The van der Waals surface area contributed by atoms with Crippen LogP contribution in [0.3, 0.4) is 0 Å². The second-order valence-electron chi connectivity index (χ2n) is 0.298. The van der Waals surface area contributed by atoms with Crippen molar-refractivity contribution >= 4 is 0 Å². The zero-order valence-electron chi connectivity index (χ0n) is 3.08. The van der Waals surface area contributed by atoms with Gasteiger partial charge in [0, 0.05) is 0 Å². The van der Waals surface area contributed by atoms with Crippen molar-refractivity contribution in [2.45, 2.75) is 0 Å². The third kappa shape index (κ3) is 8.90. The van der Waals surface area contributed by atoms with Crippen molar-refractivity contribution in [1.29, 1.82) is 0 Å². The molecular weight excluding hydrogens is 101 g/mol. The maximum Gasteiger partial charge on any atom is 1.00 e. The first-order valence-electron chi connectivity index (χ1n) is 0.714. The molecule has 6 heavy (non-hydrogen) atoms. The molecule has 0 spiro atoms. The van der Waals surface area contributed by atoms with Gasteiger partial charge in [-0.15, -0.1) is 10.1 Å². The summed E-state index contributed by atoms with van der Waals surface area (Å²) in [4.78, 5) is 10.9. The van der Waals surface area contributed by atoms with Gasteiger partial charge >= 0.3 is 29.6 Å². The van der Waals surface area contributed by atoms with Crippen LogP contribution in [0.1, 0.15) is 0 Å². The second-order valence-corrected chi connectivity index (χ2v) is 0.298. The first-order valence-corrected chi connectivity index (χ1v) is 0.714. The van der Waals surface area contributed by atoms with Crippen molar-refractivity contribution in [2.24, 2.45) is 0 Å². The van der Waals surface area contributed by atoms with E-state index in [-0.39, 0.29) is 29.6 Å². The van der Waals surface area contributed by atoms with Gasteiger partial charge in [-0.25, -0.2) is 0 Å². The summed E-state index contributed by atoms with van der Waals surface area (Å²) in [5, 5.41) is 15.6. The van der Waals surface area contributed by atoms with Crippen LogP contribution in [0.15, 0.2) is 0 Å². The van der Waals surface area contributed by atoms with E-state index in [1.807, 2.05) is 0 Å². The summed E-state index contributed by atoms with van der Waals surface area (Å²) in [6, 6.07) is 0. The van der Waals surface area contributed by atoms with Gasteiger partial charge in [0.05, 0.1) is 0 Å². The fourth-order valence-electron chi connectivity index (χ4n) is 0. The van der Waals surface area contributed by atoms with E-state index in [2.05, 4.69) is 4.99 Å². The van der Waals surface area contributed by atoms with Crippen LogP contribution >= 0.6 is 0 Å². The van der Waals surface area contributed by atoms with Crippen molar-refractivity contribution < 1.29 is 44.9 Å². The van der Waals surface area contributed by atoms with Crippen LogP contribution < -0.4 is 34.8 Å². The van der Waals surface area contributed by atoms with Crippen molar-refractivity contribution in [3.8, 4) is 0 Å². The molecule has 0 atom stereocenters. The molecule has 0 aromatic carbocycles. The molecule has 0 aromatic heterocycles. The molecule has 0 aliphatic carbocycles. The van der Waals surface area contributed by atoms with E-state index in [0.29, 0.717) is 0 Å². The molecule has 0 N–H and O–H groups in total. The predicted molar refractivity (Wildman–Crippen MR) is 8.08 cm³/mol. The minimum absolute atomic E-state index is 0. The largest absolute Gasteiger partial charge is 1.00 e. The van der Waals surface area contributed by atoms with Gasteiger partial charge in [0.15, 0.2) is 0 Å². The summed E-state index contributed by atoms with van der Waals surface area (Å²) in [7, 11) is 0. The van der Waals surface area contributed by atoms with Crippen molar-refractivity contribution in [3.63, 3.8) is 0 Å². The molecule has 30 valence electrons. The first-order chi connectivity index (χ1) is 2.27. The summed E-state index contributed by atoms with van der Waals surface area (Å²) in [5.41, 5.74) is 0. The fraction of sp³-hybridized carbons (Fsp3) is 0. The van der Waals surface area contributed by atoms with Crippen molar-refractivity contribution in [2.75, 3.05) is 0 Å². The number of hydrogen-bond donors (Lipinski definition) is 0. The Kier molecular flexibility index (Phi) is 8.15. The third-order valence-corrected chi connectivity index (χ3v) is 0.0609. The van der Waals surface area contributed by atoms with E-state index < -0.39 is 5.09 Å². The van der Waals surface area contributed by atoms with Gasteiger partial charge in [-0.3, -0.25) is 0 Å². The molecule has 0 aromatic rings. The van der Waals surface area contributed by atoms with Crippen LogP contribution in [0.25, 0.3) is 0 Å². The van der Waals surface area contributed by atoms with Crippen LogP contribution in [0.4, 0.5) is 0 Å². The van der Waals surface area contributed by atoms with Crippen molar-refractivity contribution in [3.05, 3.63) is 10.1 Å². The quantitative estimate of drug-likeness (QED) is 0.144. The van der Waals surface area contributed by atoms with Crippen LogP contribution in [-0.4, -0.2) is 5.09 Å². The Hall–Kier alpha value is 0.160. The zero-order chi connectivity index (χ0) is 4.28. The molecule has 0 rings (SSSR count). The van der Waals surface area contributed by atoms with Gasteiger partial charge in [0.1, 0.15) is 0 Å². The molecule has 5 nitrogen and oxygen atoms in total. The van der Waals surface area contributed by atoms with Gasteiger partial charge in [-0.1, -0.05) is 0 Å². The summed E-state index contributed by atoms with van der Waals surface area (Å²) in [6.07, 6.45) is 0. The average Bonchev–Trinajstić information content (AvgIpc) is 1.38. The summed E-state index contributed by atoms with van der Waals surface area (Å²) >= 11 is 0. The van der Waals surface area contributed by atoms with E-state index in [9.17, 15) is 0 Å². The molecule has 0 heterocycles. The molecule has 0 aliphatic heterocycles. The molecule has 0 saturated carbocycles. The Morgan fingerprint density at radius 3 is 1.83 bits per heavy atom. The Bertz CT molecular complexity index is 42.8. The number of hydrogen-bond acceptors (Lipinski definition) is 4. The fourth-order valence-corrected chi connectivity index (χ4v) is 0. The maximum atomic E-state index is 8.64. The molecule has 0 fully saturated rings. The molecule has 0 bridgehead atoms. The normalized spacial score (nSPS) is 5.50. The molecule has 0 radical (unpaired) electrons. The van der Waals surface area contributed by atoms with Gasteiger partial charge < -0.3 is 10.2 Å². The molecule has 0 amide bonds. The zero-order valence-corrected chi connectivity index (χ0v) is 5.08. The van der Waals surface area contributed by atoms with Gasteiger partial charge in [-0.05, 0) is 0 Å². The minimum Gasteiger partial charge on any atom is -0.694 e. The third-order valence-electron chi connectivity index (χ3n) is 0.0609. The molecule has 0 saturated heterocycles. The summed E-state index contributed by atoms with van der Waals surface area (Å²) < 4.78 is 0. The van der Waals surface area contributed by atoms with Crippen LogP contribution in [0.5, 0.6) is 0 Å². The van der Waals surface area contributed by atoms with Crippen molar-refractivity contribution in [1.82, 2.24) is 0 Å². The first kappa shape index (κ1) is 9.48. The number of nitrogens with zero attached hydrogens (tertiary/aromatic N) is 1. The maximum absolute atomic E-state index is 8.64. The van der Waals surface area contributed by atoms with Crippen LogP contribution in [-0.2, 0) is 4.99 Å². The average molecular weight is 101 g/mol. The van der Waals surface area contributed by atoms with Gasteiger partial charge in [-0.2, -0.15) is 0 Å². The number of rotatable bonds is 1. The van der Waals surface area contributed by atoms with E-state index in [1.54, 1.807) is 0 Å². The second kappa shape index (κ2) is 5.16. The standard InChI is InChI=1S/HNO4.Na/c2-1(3)5-4;/h4H;/q;+1/p-1. The smallest absolute Gasteiger partial charge is 0.694 e. The SMILES string of the molecule is O=[N+]([O-])O[O-].[Na+]. The van der Waals surface area contributed by atoms with Gasteiger partial charge in [0.2, 0.25) is 0 Å². The van der Waals surface area contributed by atoms with E-state index >= 15 is 0 Å². The molecule has 6 heteroatoms. The monoisotopic (exact) mass is 101 g/mol. The van der Waals surface area contributed by atoms with Crippen LogP contribution in [0.2, 0.25) is 0 Å². The topological polar surface area (TPSA) is 75.4 Å². The summed E-state index contributed by atoms with van der Waals surface area (Å²) in [5.74, 6) is 0. The molecular formula is NNaO4. The molecule has 0 unspecified atom stereocenters. The summed E-state index contributed by atoms with van der Waals surface area (Å²) in [6.45, 7) is 0. The molecule has 0 aliphatic rings.